The summed E-state index contributed by atoms with van der Waals surface area (Å²) in [7, 11) is 0. The molecule has 0 aliphatic carbocycles. The first-order valence-corrected chi connectivity index (χ1v) is 5.00. The van der Waals surface area contributed by atoms with Crippen molar-refractivity contribution in [3.63, 3.8) is 0 Å². The lowest BCUT2D eigenvalue weighted by molar-refractivity contribution is 0.0944. The van der Waals surface area contributed by atoms with E-state index in [1.807, 2.05) is 0 Å². The average molecular weight is 239 g/mol. The largest absolute Gasteiger partial charge is 0.409 e. The Balaban J connectivity index is 2.84. The molecule has 0 saturated carbocycles. The number of amidine groups is 1. The standard InChI is InChI=1S/C11H14FN3O2/c1-6-3-4-8(9(12)5-6)11(16)14-7(2)10(13)15-17/h3-5,7,17H,1-2H3,(H2,13,15)(H,14,16). The van der Waals surface area contributed by atoms with Crippen LogP contribution in [0.5, 0.6) is 0 Å². The van der Waals surface area contributed by atoms with Crippen molar-refractivity contribution in [1.29, 1.82) is 0 Å². The summed E-state index contributed by atoms with van der Waals surface area (Å²) in [6, 6.07) is 3.61. The molecule has 0 aliphatic rings. The zero-order chi connectivity index (χ0) is 13.0. The Morgan fingerprint density at radius 1 is 1.59 bits per heavy atom. The van der Waals surface area contributed by atoms with E-state index in [0.29, 0.717) is 0 Å². The Labute approximate surface area is 98.1 Å². The monoisotopic (exact) mass is 239 g/mol. The highest BCUT2D eigenvalue weighted by molar-refractivity contribution is 5.98. The minimum atomic E-state index is -0.673. The number of nitrogens with two attached hydrogens (primary N) is 1. The number of nitrogens with one attached hydrogen (secondary N) is 1. The van der Waals surface area contributed by atoms with Gasteiger partial charge in [0.15, 0.2) is 5.84 Å². The number of halogens is 1. The number of carbonyl (C=O) groups excluding carboxylic acids is 1. The predicted molar refractivity (Wildman–Crippen MR) is 61.5 cm³/mol. The molecule has 17 heavy (non-hydrogen) atoms. The molecule has 0 spiro atoms. The van der Waals surface area contributed by atoms with Gasteiger partial charge in [0.2, 0.25) is 0 Å². The van der Waals surface area contributed by atoms with Gasteiger partial charge in [0, 0.05) is 0 Å². The third-order valence-electron chi connectivity index (χ3n) is 2.28. The summed E-state index contributed by atoms with van der Waals surface area (Å²) in [5, 5.41) is 13.6. The van der Waals surface area contributed by atoms with E-state index in [2.05, 4.69) is 10.5 Å². The third kappa shape index (κ3) is 3.17. The number of oxime groups is 1. The van der Waals surface area contributed by atoms with Gasteiger partial charge >= 0.3 is 0 Å². The van der Waals surface area contributed by atoms with Crippen LogP contribution in [-0.2, 0) is 0 Å². The lowest BCUT2D eigenvalue weighted by Gasteiger charge is -2.12. The first-order valence-electron chi connectivity index (χ1n) is 5.00. The molecular weight excluding hydrogens is 225 g/mol. The number of nitrogens with zero attached hydrogens (tertiary/aromatic N) is 1. The Bertz CT molecular complexity index is 460. The minimum Gasteiger partial charge on any atom is -0.409 e. The van der Waals surface area contributed by atoms with Crippen molar-refractivity contribution in [3.05, 3.63) is 35.1 Å². The van der Waals surface area contributed by atoms with Crippen LogP contribution in [-0.4, -0.2) is 23.0 Å². The second-order valence-electron chi connectivity index (χ2n) is 3.70. The van der Waals surface area contributed by atoms with E-state index in [9.17, 15) is 9.18 Å². The highest BCUT2D eigenvalue weighted by atomic mass is 19.1. The number of hydrogen-bond donors (Lipinski definition) is 3. The molecule has 0 aromatic heterocycles. The van der Waals surface area contributed by atoms with Crippen molar-refractivity contribution >= 4 is 11.7 Å². The topological polar surface area (TPSA) is 87.7 Å². The summed E-state index contributed by atoms with van der Waals surface area (Å²) >= 11 is 0. The van der Waals surface area contributed by atoms with Crippen molar-refractivity contribution < 1.29 is 14.4 Å². The molecule has 1 rings (SSSR count). The molecule has 0 aliphatic heterocycles. The quantitative estimate of drug-likeness (QED) is 0.318. The molecule has 1 aromatic rings. The zero-order valence-corrected chi connectivity index (χ0v) is 9.57. The van der Waals surface area contributed by atoms with Crippen LogP contribution in [0.4, 0.5) is 4.39 Å². The molecule has 0 radical (unpaired) electrons. The molecule has 1 unspecified atom stereocenters. The summed E-state index contributed by atoms with van der Waals surface area (Å²) in [6.45, 7) is 3.25. The summed E-state index contributed by atoms with van der Waals surface area (Å²) in [4.78, 5) is 11.7. The highest BCUT2D eigenvalue weighted by Gasteiger charge is 2.16. The van der Waals surface area contributed by atoms with Crippen molar-refractivity contribution in [1.82, 2.24) is 5.32 Å². The Morgan fingerprint density at radius 2 is 2.24 bits per heavy atom. The molecule has 0 heterocycles. The van der Waals surface area contributed by atoms with E-state index in [4.69, 9.17) is 10.9 Å². The number of rotatable bonds is 3. The van der Waals surface area contributed by atoms with Gasteiger partial charge in [0.1, 0.15) is 5.82 Å². The van der Waals surface area contributed by atoms with Gasteiger partial charge in [-0.3, -0.25) is 4.79 Å². The van der Waals surface area contributed by atoms with E-state index in [0.717, 1.165) is 5.56 Å². The summed E-state index contributed by atoms with van der Waals surface area (Å²) in [5.41, 5.74) is 5.95. The first kappa shape index (κ1) is 13.0. The molecule has 6 heteroatoms. The van der Waals surface area contributed by atoms with Crippen LogP contribution in [0.25, 0.3) is 0 Å². The third-order valence-corrected chi connectivity index (χ3v) is 2.28. The van der Waals surface area contributed by atoms with Gasteiger partial charge in [0.25, 0.3) is 5.91 Å². The molecule has 0 saturated heterocycles. The second-order valence-corrected chi connectivity index (χ2v) is 3.70. The van der Waals surface area contributed by atoms with Gasteiger partial charge in [-0.2, -0.15) is 0 Å². The average Bonchev–Trinajstić information content (AvgIpc) is 2.27. The van der Waals surface area contributed by atoms with E-state index < -0.39 is 17.8 Å². The molecule has 1 aromatic carbocycles. The second kappa shape index (κ2) is 5.29. The number of amides is 1. The van der Waals surface area contributed by atoms with Crippen LogP contribution in [0.3, 0.4) is 0 Å². The molecule has 1 atom stereocenters. The van der Waals surface area contributed by atoms with Crippen LogP contribution in [0.2, 0.25) is 0 Å². The maximum atomic E-state index is 13.5. The van der Waals surface area contributed by atoms with Crippen molar-refractivity contribution in [2.24, 2.45) is 10.9 Å². The van der Waals surface area contributed by atoms with Crippen LogP contribution in [0.15, 0.2) is 23.4 Å². The summed E-state index contributed by atoms with van der Waals surface area (Å²) in [5.74, 6) is -1.36. The van der Waals surface area contributed by atoms with Crippen molar-refractivity contribution in [3.8, 4) is 0 Å². The molecule has 5 nitrogen and oxygen atoms in total. The zero-order valence-electron chi connectivity index (χ0n) is 9.57. The maximum absolute atomic E-state index is 13.5. The SMILES string of the molecule is Cc1ccc(C(=O)NC(C)C(N)=NO)c(F)c1. The highest BCUT2D eigenvalue weighted by Crippen LogP contribution is 2.09. The maximum Gasteiger partial charge on any atom is 0.254 e. The summed E-state index contributed by atoms with van der Waals surface area (Å²) in [6.07, 6.45) is 0. The molecule has 1 amide bonds. The van der Waals surface area contributed by atoms with Crippen molar-refractivity contribution in [2.45, 2.75) is 19.9 Å². The van der Waals surface area contributed by atoms with Crippen molar-refractivity contribution in [2.75, 3.05) is 0 Å². The van der Waals surface area contributed by atoms with Gasteiger partial charge in [0.05, 0.1) is 11.6 Å². The van der Waals surface area contributed by atoms with E-state index in [-0.39, 0.29) is 11.4 Å². The number of benzene rings is 1. The van der Waals surface area contributed by atoms with E-state index in [1.54, 1.807) is 13.0 Å². The Hall–Kier alpha value is -2.11. The first-order chi connectivity index (χ1) is 7.95. The minimum absolute atomic E-state index is 0.0758. The van der Waals surface area contributed by atoms with E-state index in [1.165, 1.54) is 19.1 Å². The molecule has 0 fully saturated rings. The smallest absolute Gasteiger partial charge is 0.254 e. The number of carbonyl (C=O) groups is 1. The van der Waals surface area contributed by atoms with Crippen LogP contribution >= 0.6 is 0 Å². The fourth-order valence-corrected chi connectivity index (χ4v) is 1.24. The van der Waals surface area contributed by atoms with Gasteiger partial charge in [-0.25, -0.2) is 4.39 Å². The lowest BCUT2D eigenvalue weighted by Crippen LogP contribution is -2.42. The Morgan fingerprint density at radius 3 is 2.76 bits per heavy atom. The lowest BCUT2D eigenvalue weighted by atomic mass is 10.1. The Kier molecular flexibility index (Phi) is 4.03. The number of hydrogen-bond acceptors (Lipinski definition) is 3. The van der Waals surface area contributed by atoms with Gasteiger partial charge in [-0.15, -0.1) is 0 Å². The fraction of sp³-hybridized carbons (Fsp3) is 0.273. The van der Waals surface area contributed by atoms with Crippen LogP contribution in [0, 0.1) is 12.7 Å². The van der Waals surface area contributed by atoms with Crippen LogP contribution in [0.1, 0.15) is 22.8 Å². The predicted octanol–water partition coefficient (Wildman–Crippen LogP) is 0.999. The van der Waals surface area contributed by atoms with Gasteiger partial charge in [-0.05, 0) is 31.5 Å². The molecule has 92 valence electrons. The van der Waals surface area contributed by atoms with E-state index >= 15 is 0 Å². The molecular formula is C11H14FN3O2. The van der Waals surface area contributed by atoms with Crippen LogP contribution < -0.4 is 11.1 Å². The normalized spacial score (nSPS) is 13.2. The van der Waals surface area contributed by atoms with Gasteiger partial charge in [-0.1, -0.05) is 11.2 Å². The van der Waals surface area contributed by atoms with Gasteiger partial charge < -0.3 is 16.3 Å². The summed E-state index contributed by atoms with van der Waals surface area (Å²) < 4.78 is 13.5. The number of aryl methyl sites for hydroxylation is 1. The fourth-order valence-electron chi connectivity index (χ4n) is 1.24. The molecule has 0 bridgehead atoms. The molecule has 4 N–H and O–H groups in total.